The van der Waals surface area contributed by atoms with Gasteiger partial charge in [0.25, 0.3) is 11.8 Å². The Morgan fingerprint density at radius 3 is 2.53 bits per heavy atom. The Bertz CT molecular complexity index is 882. The van der Waals surface area contributed by atoms with Crippen LogP contribution in [0.4, 0.5) is 5.69 Å². The number of benzene rings is 1. The number of rotatable bonds is 6. The fourth-order valence-electron chi connectivity index (χ4n) is 4.44. The van der Waals surface area contributed by atoms with Crippen molar-refractivity contribution in [3.05, 3.63) is 40.5 Å². The van der Waals surface area contributed by atoms with E-state index in [-0.39, 0.29) is 18.4 Å². The van der Waals surface area contributed by atoms with Gasteiger partial charge in [-0.05, 0) is 76.8 Å². The topological polar surface area (TPSA) is 71.0 Å². The molecular weight excluding hydrogens is 378 g/mol. The Hall–Kier alpha value is -2.47. The molecule has 3 rings (SSSR count). The van der Waals surface area contributed by atoms with Gasteiger partial charge in [0, 0.05) is 49.3 Å². The quantitative estimate of drug-likeness (QED) is 0.776. The highest BCUT2D eigenvalue weighted by Crippen LogP contribution is 2.30. The van der Waals surface area contributed by atoms with Crippen molar-refractivity contribution in [3.8, 4) is 0 Å². The van der Waals surface area contributed by atoms with Crippen molar-refractivity contribution in [1.29, 1.82) is 0 Å². The van der Waals surface area contributed by atoms with Crippen LogP contribution in [-0.2, 0) is 9.53 Å². The molecule has 162 valence electrons. The number of amides is 2. The van der Waals surface area contributed by atoms with Gasteiger partial charge in [-0.25, -0.2) is 4.99 Å². The lowest BCUT2D eigenvalue weighted by molar-refractivity contribution is -0.120. The number of carbonyl (C=O) groups excluding carboxylic acids is 2. The monoisotopic (exact) mass is 411 g/mol. The molecule has 0 saturated carbocycles. The molecule has 0 bridgehead atoms. The SMILES string of the molecule is CCN(c1cc(C)cc(C(=O)NCC2C(=O)N=C(C)C=C2C)c1C)C1CCOCC1. The molecule has 0 spiro atoms. The van der Waals surface area contributed by atoms with Crippen LogP contribution in [-0.4, -0.2) is 49.9 Å². The smallest absolute Gasteiger partial charge is 0.254 e. The summed E-state index contributed by atoms with van der Waals surface area (Å²) < 4.78 is 5.53. The first kappa shape index (κ1) is 22.2. The molecule has 0 radical (unpaired) electrons. The van der Waals surface area contributed by atoms with Crippen LogP contribution in [0.1, 0.15) is 55.1 Å². The minimum Gasteiger partial charge on any atom is -0.381 e. The van der Waals surface area contributed by atoms with Crippen molar-refractivity contribution in [2.45, 2.75) is 53.5 Å². The minimum absolute atomic E-state index is 0.146. The third-order valence-corrected chi connectivity index (χ3v) is 6.09. The van der Waals surface area contributed by atoms with Crippen LogP contribution in [0, 0.1) is 19.8 Å². The zero-order chi connectivity index (χ0) is 21.8. The zero-order valence-corrected chi connectivity index (χ0v) is 18.7. The Morgan fingerprint density at radius 1 is 1.20 bits per heavy atom. The Balaban J connectivity index is 1.79. The predicted octanol–water partition coefficient (Wildman–Crippen LogP) is 3.60. The lowest BCUT2D eigenvalue weighted by atomic mass is 9.95. The molecule has 1 aromatic carbocycles. The van der Waals surface area contributed by atoms with Crippen LogP contribution in [0.3, 0.4) is 0 Å². The maximum Gasteiger partial charge on any atom is 0.254 e. The number of aliphatic imine (C=N–C) groups is 1. The summed E-state index contributed by atoms with van der Waals surface area (Å²) in [5.41, 5.74) is 5.46. The van der Waals surface area contributed by atoms with E-state index in [1.165, 1.54) is 0 Å². The second-order valence-electron chi connectivity index (χ2n) is 8.33. The van der Waals surface area contributed by atoms with E-state index in [4.69, 9.17) is 4.74 Å². The highest BCUT2D eigenvalue weighted by Gasteiger charge is 2.26. The number of allylic oxidation sites excluding steroid dienone is 1. The van der Waals surface area contributed by atoms with E-state index in [2.05, 4.69) is 28.2 Å². The van der Waals surface area contributed by atoms with Gasteiger partial charge in [-0.1, -0.05) is 5.57 Å². The van der Waals surface area contributed by atoms with Crippen molar-refractivity contribution in [2.75, 3.05) is 31.2 Å². The number of ether oxygens (including phenoxy) is 1. The lowest BCUT2D eigenvalue weighted by Gasteiger charge is -2.36. The molecule has 6 heteroatoms. The molecule has 0 aliphatic carbocycles. The predicted molar refractivity (Wildman–Crippen MR) is 120 cm³/mol. The van der Waals surface area contributed by atoms with E-state index < -0.39 is 5.92 Å². The molecule has 1 saturated heterocycles. The van der Waals surface area contributed by atoms with Crippen molar-refractivity contribution >= 4 is 23.2 Å². The Morgan fingerprint density at radius 2 is 1.90 bits per heavy atom. The molecule has 1 aromatic rings. The zero-order valence-electron chi connectivity index (χ0n) is 18.7. The molecular formula is C24H33N3O3. The summed E-state index contributed by atoms with van der Waals surface area (Å²) in [6.07, 6.45) is 3.90. The number of dihydropyridines is 1. The normalized spacial score (nSPS) is 19.9. The fourth-order valence-corrected chi connectivity index (χ4v) is 4.44. The first-order valence-corrected chi connectivity index (χ1v) is 10.8. The van der Waals surface area contributed by atoms with Crippen molar-refractivity contribution in [2.24, 2.45) is 10.9 Å². The van der Waals surface area contributed by atoms with Gasteiger partial charge in [0.05, 0.1) is 5.92 Å². The van der Waals surface area contributed by atoms with E-state index in [1.54, 1.807) is 0 Å². The van der Waals surface area contributed by atoms with Gasteiger partial charge in [-0.15, -0.1) is 0 Å². The Kier molecular flexibility index (Phi) is 7.08. The largest absolute Gasteiger partial charge is 0.381 e. The van der Waals surface area contributed by atoms with Gasteiger partial charge < -0.3 is 15.0 Å². The lowest BCUT2D eigenvalue weighted by Crippen LogP contribution is -2.40. The number of hydrogen-bond donors (Lipinski definition) is 1. The summed E-state index contributed by atoms with van der Waals surface area (Å²) in [5, 5.41) is 2.97. The maximum absolute atomic E-state index is 13.1. The number of anilines is 1. The van der Waals surface area contributed by atoms with Crippen LogP contribution < -0.4 is 10.2 Å². The molecule has 6 nitrogen and oxygen atoms in total. The van der Waals surface area contributed by atoms with Crippen LogP contribution >= 0.6 is 0 Å². The molecule has 2 amide bonds. The number of nitrogens with one attached hydrogen (secondary N) is 1. The van der Waals surface area contributed by atoms with Crippen LogP contribution in [0.2, 0.25) is 0 Å². The van der Waals surface area contributed by atoms with E-state index in [0.29, 0.717) is 17.3 Å². The highest BCUT2D eigenvalue weighted by molar-refractivity contribution is 6.06. The standard InChI is InChI=1S/C24H33N3O3/c1-6-27(19-7-9-30-10-8-19)22-12-15(2)11-20(18(22)5)23(28)25-14-21-16(3)13-17(4)26-24(21)29/h11-13,19,21H,6-10,14H2,1-5H3,(H,25,28). The van der Waals surface area contributed by atoms with Crippen molar-refractivity contribution in [1.82, 2.24) is 5.32 Å². The second-order valence-corrected chi connectivity index (χ2v) is 8.33. The first-order chi connectivity index (χ1) is 14.3. The highest BCUT2D eigenvalue weighted by atomic mass is 16.5. The second kappa shape index (κ2) is 9.56. The van der Waals surface area contributed by atoms with Gasteiger partial charge in [0.15, 0.2) is 0 Å². The van der Waals surface area contributed by atoms with Gasteiger partial charge in [-0.2, -0.15) is 0 Å². The third-order valence-electron chi connectivity index (χ3n) is 6.09. The average Bonchev–Trinajstić information content (AvgIpc) is 2.70. The molecule has 2 aliphatic heterocycles. The van der Waals surface area contributed by atoms with Crippen LogP contribution in [0.5, 0.6) is 0 Å². The van der Waals surface area contributed by atoms with Gasteiger partial charge >= 0.3 is 0 Å². The third kappa shape index (κ3) is 4.81. The molecule has 1 fully saturated rings. The minimum atomic E-state index is -0.392. The summed E-state index contributed by atoms with van der Waals surface area (Å²) in [7, 11) is 0. The first-order valence-electron chi connectivity index (χ1n) is 10.8. The summed E-state index contributed by atoms with van der Waals surface area (Å²) in [4.78, 5) is 31.7. The molecule has 1 atom stereocenters. The Labute approximate surface area is 179 Å². The van der Waals surface area contributed by atoms with E-state index in [0.717, 1.165) is 55.0 Å². The van der Waals surface area contributed by atoms with Gasteiger partial charge in [0.2, 0.25) is 0 Å². The number of carbonyl (C=O) groups is 2. The van der Waals surface area contributed by atoms with E-state index in [1.807, 2.05) is 39.8 Å². The number of aryl methyl sites for hydroxylation is 1. The van der Waals surface area contributed by atoms with E-state index >= 15 is 0 Å². The molecule has 1 N–H and O–H groups in total. The van der Waals surface area contributed by atoms with E-state index in [9.17, 15) is 9.59 Å². The van der Waals surface area contributed by atoms with Gasteiger partial charge in [-0.3, -0.25) is 9.59 Å². The number of nitrogens with zero attached hydrogens (tertiary/aromatic N) is 2. The molecule has 2 heterocycles. The summed E-state index contributed by atoms with van der Waals surface area (Å²) in [6.45, 7) is 12.6. The summed E-state index contributed by atoms with van der Waals surface area (Å²) >= 11 is 0. The molecule has 2 aliphatic rings. The summed E-state index contributed by atoms with van der Waals surface area (Å²) in [6, 6.07) is 4.52. The number of hydrogen-bond acceptors (Lipinski definition) is 4. The molecule has 30 heavy (non-hydrogen) atoms. The van der Waals surface area contributed by atoms with Crippen LogP contribution in [0.25, 0.3) is 0 Å². The summed E-state index contributed by atoms with van der Waals surface area (Å²) in [5.74, 6) is -0.727. The van der Waals surface area contributed by atoms with Crippen molar-refractivity contribution < 1.29 is 14.3 Å². The van der Waals surface area contributed by atoms with Crippen molar-refractivity contribution in [3.63, 3.8) is 0 Å². The maximum atomic E-state index is 13.1. The molecule has 1 unspecified atom stereocenters. The average molecular weight is 412 g/mol. The fraction of sp³-hybridized carbons (Fsp3) is 0.542. The molecule has 0 aromatic heterocycles. The van der Waals surface area contributed by atoms with Gasteiger partial charge in [0.1, 0.15) is 0 Å². The van der Waals surface area contributed by atoms with Crippen LogP contribution in [0.15, 0.2) is 28.8 Å².